The fourth-order valence-electron chi connectivity index (χ4n) is 4.07. The average molecular weight is 470 g/mol. The van der Waals surface area contributed by atoms with Crippen LogP contribution in [0.15, 0.2) is 28.5 Å². The maximum Gasteiger partial charge on any atom is 0.250 e. The van der Waals surface area contributed by atoms with Crippen molar-refractivity contribution in [1.82, 2.24) is 14.5 Å². The van der Waals surface area contributed by atoms with E-state index in [-0.39, 0.29) is 16.0 Å². The van der Waals surface area contributed by atoms with Gasteiger partial charge in [-0.25, -0.2) is 8.42 Å². The van der Waals surface area contributed by atoms with E-state index in [1.807, 2.05) is 0 Å². The minimum atomic E-state index is -3.86. The number of amides is 2. The molecule has 0 unspecified atom stereocenters. The van der Waals surface area contributed by atoms with Gasteiger partial charge < -0.3 is 9.80 Å². The van der Waals surface area contributed by atoms with Crippen LogP contribution in [-0.4, -0.2) is 61.7 Å². The maximum absolute atomic E-state index is 12.9. The predicted octanol–water partition coefficient (Wildman–Crippen LogP) is 2.83. The third-order valence-electron chi connectivity index (χ3n) is 5.75. The molecule has 0 spiro atoms. The zero-order valence-corrected chi connectivity index (χ0v) is 19.0. The van der Waals surface area contributed by atoms with Gasteiger partial charge in [-0.1, -0.05) is 17.7 Å². The number of halogens is 1. The highest BCUT2D eigenvalue weighted by Crippen LogP contribution is 2.31. The molecule has 10 heteroatoms. The second kappa shape index (κ2) is 8.45. The summed E-state index contributed by atoms with van der Waals surface area (Å²) in [5.74, 6) is -0.409. The molecule has 4 rings (SSSR count). The molecule has 30 heavy (non-hydrogen) atoms. The van der Waals surface area contributed by atoms with E-state index in [1.54, 1.807) is 36.1 Å². The van der Waals surface area contributed by atoms with Gasteiger partial charge in [-0.2, -0.15) is 4.72 Å². The van der Waals surface area contributed by atoms with E-state index in [1.165, 1.54) is 4.90 Å². The molecule has 1 N–H and O–H groups in total. The third-order valence-corrected chi connectivity index (χ3v) is 9.03. The number of carbonyl (C=O) groups is 2. The summed E-state index contributed by atoms with van der Waals surface area (Å²) in [6.07, 6.45) is 3.42. The molecule has 2 fully saturated rings. The smallest absolute Gasteiger partial charge is 0.250 e. The highest BCUT2D eigenvalue weighted by Gasteiger charge is 2.40. The summed E-state index contributed by atoms with van der Waals surface area (Å²) >= 11 is 7.10. The normalized spacial score (nSPS) is 21.4. The average Bonchev–Trinajstić information content (AvgIpc) is 3.31. The van der Waals surface area contributed by atoms with Crippen molar-refractivity contribution in [2.75, 3.05) is 19.6 Å². The molecule has 0 radical (unpaired) electrons. The lowest BCUT2D eigenvalue weighted by atomic mass is 10.1. The maximum atomic E-state index is 12.9. The zero-order chi connectivity index (χ0) is 21.5. The summed E-state index contributed by atoms with van der Waals surface area (Å²) in [5.41, 5.74) is 0. The van der Waals surface area contributed by atoms with Crippen LogP contribution in [0.2, 0.25) is 5.02 Å². The molecule has 0 bridgehead atoms. The van der Waals surface area contributed by atoms with Crippen LogP contribution in [0, 0.1) is 0 Å². The lowest BCUT2D eigenvalue weighted by Gasteiger charge is -2.32. The first-order valence-electron chi connectivity index (χ1n) is 10.1. The van der Waals surface area contributed by atoms with Crippen molar-refractivity contribution in [2.45, 2.75) is 48.9 Å². The summed E-state index contributed by atoms with van der Waals surface area (Å²) in [7, 11) is -3.86. The van der Waals surface area contributed by atoms with E-state index in [9.17, 15) is 18.0 Å². The second-order valence-corrected chi connectivity index (χ2v) is 11.3. The van der Waals surface area contributed by atoms with Crippen LogP contribution in [0.4, 0.5) is 0 Å². The van der Waals surface area contributed by atoms with E-state index in [2.05, 4.69) is 4.72 Å². The van der Waals surface area contributed by atoms with Gasteiger partial charge in [0.25, 0.3) is 10.0 Å². The van der Waals surface area contributed by atoms with E-state index >= 15 is 0 Å². The SMILES string of the molecule is C[C@H](C(=O)N1CCCCC1)N1CC[C@H](NS(=O)(=O)c2cc3ccc(Cl)cc3s2)C1=O. The van der Waals surface area contributed by atoms with Crippen LogP contribution in [0.25, 0.3) is 10.1 Å². The molecule has 2 aliphatic heterocycles. The largest absolute Gasteiger partial charge is 0.341 e. The van der Waals surface area contributed by atoms with Crippen LogP contribution in [0.3, 0.4) is 0 Å². The summed E-state index contributed by atoms with van der Waals surface area (Å²) in [6.45, 7) is 3.52. The summed E-state index contributed by atoms with van der Waals surface area (Å²) in [4.78, 5) is 28.9. The molecule has 2 aromatic rings. The summed E-state index contributed by atoms with van der Waals surface area (Å²) in [5, 5.41) is 1.32. The van der Waals surface area contributed by atoms with Gasteiger partial charge in [0.2, 0.25) is 11.8 Å². The molecule has 0 aliphatic carbocycles. The molecular formula is C20H24ClN3O4S2. The lowest BCUT2D eigenvalue weighted by molar-refractivity contribution is -0.143. The number of rotatable bonds is 5. The predicted molar refractivity (Wildman–Crippen MR) is 117 cm³/mol. The Kier molecular flexibility index (Phi) is 6.07. The number of likely N-dealkylation sites (tertiary alicyclic amines) is 2. The topological polar surface area (TPSA) is 86.8 Å². The molecule has 1 aromatic carbocycles. The number of carbonyl (C=O) groups excluding carboxylic acids is 2. The van der Waals surface area contributed by atoms with E-state index in [0.717, 1.165) is 53.8 Å². The fourth-order valence-corrected chi connectivity index (χ4v) is 6.98. The highest BCUT2D eigenvalue weighted by molar-refractivity contribution is 7.91. The van der Waals surface area contributed by atoms with E-state index < -0.39 is 22.1 Å². The first-order valence-corrected chi connectivity index (χ1v) is 12.7. The first-order chi connectivity index (χ1) is 14.3. The second-order valence-electron chi connectivity index (χ2n) is 7.80. The van der Waals surface area contributed by atoms with Gasteiger partial charge in [0, 0.05) is 29.4 Å². The molecule has 7 nitrogen and oxygen atoms in total. The quantitative estimate of drug-likeness (QED) is 0.729. The Hall–Kier alpha value is -1.68. The summed E-state index contributed by atoms with van der Waals surface area (Å²) < 4.78 is 29.2. The number of hydrogen-bond donors (Lipinski definition) is 1. The van der Waals surface area contributed by atoms with Crippen molar-refractivity contribution >= 4 is 54.9 Å². The number of benzene rings is 1. The zero-order valence-electron chi connectivity index (χ0n) is 16.6. The van der Waals surface area contributed by atoms with Gasteiger partial charge in [0.15, 0.2) is 0 Å². The molecule has 0 saturated carbocycles. The Morgan fingerprint density at radius 3 is 2.67 bits per heavy atom. The van der Waals surface area contributed by atoms with Crippen LogP contribution < -0.4 is 4.72 Å². The molecule has 3 heterocycles. The van der Waals surface area contributed by atoms with Crippen LogP contribution in [0.5, 0.6) is 0 Å². The van der Waals surface area contributed by atoms with Gasteiger partial charge in [0.1, 0.15) is 16.3 Å². The number of hydrogen-bond acceptors (Lipinski definition) is 5. The Bertz CT molecular complexity index is 1080. The molecular weight excluding hydrogens is 446 g/mol. The van der Waals surface area contributed by atoms with Crippen LogP contribution >= 0.6 is 22.9 Å². The molecule has 2 amide bonds. The van der Waals surface area contributed by atoms with Crippen molar-refractivity contribution < 1.29 is 18.0 Å². The number of nitrogens with zero attached hydrogens (tertiary/aromatic N) is 2. The van der Waals surface area contributed by atoms with Crippen molar-refractivity contribution in [1.29, 1.82) is 0 Å². The lowest BCUT2D eigenvalue weighted by Crippen LogP contribution is -2.51. The van der Waals surface area contributed by atoms with Crippen LogP contribution in [0.1, 0.15) is 32.6 Å². The monoisotopic (exact) mass is 469 g/mol. The number of sulfonamides is 1. The Labute approximate surface area is 185 Å². The molecule has 2 aliphatic rings. The van der Waals surface area contributed by atoms with Crippen molar-refractivity contribution in [3.63, 3.8) is 0 Å². The number of fused-ring (bicyclic) bond motifs is 1. The van der Waals surface area contributed by atoms with Gasteiger partial charge in [0.05, 0.1) is 0 Å². The van der Waals surface area contributed by atoms with Crippen molar-refractivity contribution in [3.8, 4) is 0 Å². The Balaban J connectivity index is 1.45. The van der Waals surface area contributed by atoms with Crippen molar-refractivity contribution in [3.05, 3.63) is 29.3 Å². The molecule has 1 aromatic heterocycles. The van der Waals surface area contributed by atoms with Crippen LogP contribution in [-0.2, 0) is 19.6 Å². The Morgan fingerprint density at radius 2 is 1.93 bits per heavy atom. The van der Waals surface area contributed by atoms with Gasteiger partial charge >= 0.3 is 0 Å². The standard InChI is InChI=1S/C20H24ClN3O4S2/c1-13(19(25)23-8-3-2-4-9-23)24-10-7-16(20(24)26)22-30(27,28)18-11-14-5-6-15(21)12-17(14)29-18/h5-6,11-13,16,22H,2-4,7-10H2,1H3/t13-,16+/m1/s1. The van der Waals surface area contributed by atoms with E-state index in [0.29, 0.717) is 18.0 Å². The summed E-state index contributed by atoms with van der Waals surface area (Å²) in [6, 6.07) is 5.33. The van der Waals surface area contributed by atoms with Gasteiger partial charge in [-0.15, -0.1) is 11.3 Å². The highest BCUT2D eigenvalue weighted by atomic mass is 35.5. The molecule has 2 saturated heterocycles. The molecule has 2 atom stereocenters. The minimum absolute atomic E-state index is 0.0621. The van der Waals surface area contributed by atoms with Gasteiger partial charge in [-0.3, -0.25) is 9.59 Å². The Morgan fingerprint density at radius 1 is 1.20 bits per heavy atom. The number of piperidine rings is 1. The first kappa shape index (κ1) is 21.5. The number of thiophene rings is 1. The van der Waals surface area contributed by atoms with Crippen molar-refractivity contribution in [2.24, 2.45) is 0 Å². The number of nitrogens with one attached hydrogen (secondary N) is 1. The van der Waals surface area contributed by atoms with E-state index in [4.69, 9.17) is 11.6 Å². The minimum Gasteiger partial charge on any atom is -0.341 e. The van der Waals surface area contributed by atoms with Gasteiger partial charge in [-0.05, 0) is 56.2 Å². The molecule has 162 valence electrons. The fraction of sp³-hybridized carbons (Fsp3) is 0.500. The third kappa shape index (κ3) is 4.21.